The minimum Gasteiger partial charge on any atom is -0.379 e. The molecule has 0 atom stereocenters. The average Bonchev–Trinajstić information content (AvgIpc) is 3.18. The number of sulfone groups is 1. The summed E-state index contributed by atoms with van der Waals surface area (Å²) in [7, 11) is -3.77. The first-order valence-electron chi connectivity index (χ1n) is 11.0. The number of amides is 1. The largest absolute Gasteiger partial charge is 0.379 e. The van der Waals surface area contributed by atoms with Crippen molar-refractivity contribution >= 4 is 42.4 Å². The Morgan fingerprint density at radius 3 is 2.48 bits per heavy atom. The van der Waals surface area contributed by atoms with E-state index in [0.29, 0.717) is 31.4 Å². The summed E-state index contributed by atoms with van der Waals surface area (Å²) >= 11 is 1.44. The molecule has 0 spiro atoms. The Hall–Kier alpha value is -2.33. The number of nitrogens with zero attached hydrogens (tertiary/aromatic N) is 3. The first-order valence-corrected chi connectivity index (χ1v) is 13.5. The van der Waals surface area contributed by atoms with Gasteiger partial charge < -0.3 is 4.74 Å². The molecule has 1 fully saturated rings. The van der Waals surface area contributed by atoms with Gasteiger partial charge in [-0.15, -0.1) is 0 Å². The molecular formula is C24H29N3O4S2. The molecule has 1 amide bonds. The number of anilines is 1. The average molecular weight is 488 g/mol. The topological polar surface area (TPSA) is 79.8 Å². The molecule has 9 heteroatoms. The zero-order valence-corrected chi connectivity index (χ0v) is 20.8. The molecule has 7 nitrogen and oxygen atoms in total. The standard InChI is InChI=1S/C24H29N3O4S2/c1-17-4-6-20(7-5-17)33(29,30)16-22(28)27(9-8-26-10-12-31-13-11-26)24-25-21-15-18(2)14-19(3)23(21)32-24/h4-7,14-15H,8-13,16H2,1-3H3. The van der Waals surface area contributed by atoms with Crippen LogP contribution in [0.25, 0.3) is 10.2 Å². The van der Waals surface area contributed by atoms with Gasteiger partial charge in [0.1, 0.15) is 5.75 Å². The molecule has 33 heavy (non-hydrogen) atoms. The van der Waals surface area contributed by atoms with Crippen LogP contribution in [0.15, 0.2) is 41.3 Å². The van der Waals surface area contributed by atoms with Crippen molar-refractivity contribution in [2.45, 2.75) is 25.7 Å². The van der Waals surface area contributed by atoms with Crippen LogP contribution >= 0.6 is 11.3 Å². The number of thiazole rings is 1. The lowest BCUT2D eigenvalue weighted by Gasteiger charge is -2.29. The third kappa shape index (κ3) is 5.60. The Labute approximate surface area is 198 Å². The van der Waals surface area contributed by atoms with Gasteiger partial charge in [0.05, 0.1) is 28.3 Å². The van der Waals surface area contributed by atoms with Crippen LogP contribution in [0.1, 0.15) is 16.7 Å². The number of benzene rings is 2. The number of carbonyl (C=O) groups is 1. The normalized spacial score (nSPS) is 15.1. The highest BCUT2D eigenvalue weighted by molar-refractivity contribution is 7.92. The van der Waals surface area contributed by atoms with E-state index in [1.54, 1.807) is 29.2 Å². The molecule has 1 aromatic heterocycles. The molecule has 0 bridgehead atoms. The fraction of sp³-hybridized carbons (Fsp3) is 0.417. The molecule has 2 heterocycles. The van der Waals surface area contributed by atoms with Gasteiger partial charge in [-0.2, -0.15) is 0 Å². The fourth-order valence-corrected chi connectivity index (χ4v) is 6.20. The first-order chi connectivity index (χ1) is 15.7. The summed E-state index contributed by atoms with van der Waals surface area (Å²) in [4.78, 5) is 22.0. The summed E-state index contributed by atoms with van der Waals surface area (Å²) in [5.74, 6) is -1.05. The molecule has 0 radical (unpaired) electrons. The number of aromatic nitrogens is 1. The van der Waals surface area contributed by atoms with Crippen molar-refractivity contribution < 1.29 is 17.9 Å². The molecule has 1 aliphatic heterocycles. The molecule has 176 valence electrons. The monoisotopic (exact) mass is 487 g/mol. The predicted octanol–water partition coefficient (Wildman–Crippen LogP) is 3.36. The van der Waals surface area contributed by atoms with Gasteiger partial charge in [0.15, 0.2) is 15.0 Å². The van der Waals surface area contributed by atoms with E-state index < -0.39 is 21.5 Å². The van der Waals surface area contributed by atoms with Crippen LogP contribution in [0.4, 0.5) is 5.13 Å². The van der Waals surface area contributed by atoms with E-state index in [4.69, 9.17) is 9.72 Å². The SMILES string of the molecule is Cc1ccc(S(=O)(=O)CC(=O)N(CCN2CCOCC2)c2nc3cc(C)cc(C)c3s2)cc1. The Morgan fingerprint density at radius 2 is 1.79 bits per heavy atom. The zero-order valence-electron chi connectivity index (χ0n) is 19.2. The van der Waals surface area contributed by atoms with Crippen molar-refractivity contribution in [2.75, 3.05) is 50.0 Å². The maximum Gasteiger partial charge on any atom is 0.244 e. The highest BCUT2D eigenvalue weighted by Gasteiger charge is 2.27. The van der Waals surface area contributed by atoms with Crippen LogP contribution in [-0.4, -0.2) is 69.4 Å². The molecule has 3 aromatic rings. The number of aryl methyl sites for hydroxylation is 3. The third-order valence-electron chi connectivity index (χ3n) is 5.78. The Balaban J connectivity index is 1.62. The third-order valence-corrected chi connectivity index (χ3v) is 8.62. The summed E-state index contributed by atoms with van der Waals surface area (Å²) in [5, 5.41) is 0.538. The second-order valence-electron chi connectivity index (χ2n) is 8.50. The van der Waals surface area contributed by atoms with Gasteiger partial charge in [-0.25, -0.2) is 13.4 Å². The number of hydrogen-bond donors (Lipinski definition) is 0. The summed E-state index contributed by atoms with van der Waals surface area (Å²) in [6.07, 6.45) is 0. The zero-order chi connectivity index (χ0) is 23.6. The lowest BCUT2D eigenvalue weighted by molar-refractivity contribution is -0.116. The summed E-state index contributed by atoms with van der Waals surface area (Å²) in [6.45, 7) is 9.86. The maximum atomic E-state index is 13.4. The molecule has 1 saturated heterocycles. The highest BCUT2D eigenvalue weighted by Crippen LogP contribution is 2.32. The molecule has 0 N–H and O–H groups in total. The summed E-state index contributed by atoms with van der Waals surface area (Å²) in [6, 6.07) is 10.7. The molecule has 4 rings (SSSR count). The van der Waals surface area contributed by atoms with Crippen LogP contribution in [0, 0.1) is 20.8 Å². The smallest absolute Gasteiger partial charge is 0.244 e. The predicted molar refractivity (Wildman–Crippen MR) is 132 cm³/mol. The first kappa shape index (κ1) is 23.8. The number of rotatable bonds is 7. The number of hydrogen-bond acceptors (Lipinski definition) is 7. The molecule has 0 aliphatic carbocycles. The van der Waals surface area contributed by atoms with E-state index in [9.17, 15) is 13.2 Å². The number of fused-ring (bicyclic) bond motifs is 1. The van der Waals surface area contributed by atoms with Crippen molar-refractivity contribution in [3.8, 4) is 0 Å². The fourth-order valence-electron chi connectivity index (χ4n) is 3.94. The number of carbonyl (C=O) groups excluding carboxylic acids is 1. The molecule has 0 unspecified atom stereocenters. The van der Waals surface area contributed by atoms with E-state index in [1.807, 2.05) is 26.8 Å². The van der Waals surface area contributed by atoms with Gasteiger partial charge in [-0.3, -0.25) is 14.6 Å². The van der Waals surface area contributed by atoms with Crippen LogP contribution in [-0.2, 0) is 19.4 Å². The van der Waals surface area contributed by atoms with Gasteiger partial charge in [-0.1, -0.05) is 35.1 Å². The summed E-state index contributed by atoms with van der Waals surface area (Å²) in [5.41, 5.74) is 4.00. The van der Waals surface area contributed by atoms with E-state index in [1.165, 1.54) is 11.3 Å². The van der Waals surface area contributed by atoms with Crippen molar-refractivity contribution in [1.29, 1.82) is 0 Å². The van der Waals surface area contributed by atoms with Crippen molar-refractivity contribution in [3.63, 3.8) is 0 Å². The van der Waals surface area contributed by atoms with E-state index >= 15 is 0 Å². The lowest BCUT2D eigenvalue weighted by Crippen LogP contribution is -2.44. The van der Waals surface area contributed by atoms with Crippen molar-refractivity contribution in [1.82, 2.24) is 9.88 Å². The van der Waals surface area contributed by atoms with Crippen molar-refractivity contribution in [2.24, 2.45) is 0 Å². The number of morpholine rings is 1. The number of ether oxygens (including phenoxy) is 1. The van der Waals surface area contributed by atoms with E-state index in [0.717, 1.165) is 40.0 Å². The van der Waals surface area contributed by atoms with Gasteiger partial charge in [0.2, 0.25) is 5.91 Å². The van der Waals surface area contributed by atoms with E-state index in [2.05, 4.69) is 11.0 Å². The Bertz CT molecular complexity index is 1250. The van der Waals surface area contributed by atoms with Crippen LogP contribution in [0.3, 0.4) is 0 Å². The molecule has 1 aliphatic rings. The second kappa shape index (κ2) is 9.89. The minimum atomic E-state index is -3.77. The van der Waals surface area contributed by atoms with Gasteiger partial charge >= 0.3 is 0 Å². The maximum absolute atomic E-state index is 13.4. The quantitative estimate of drug-likeness (QED) is 0.509. The highest BCUT2D eigenvalue weighted by atomic mass is 32.2. The molecule has 2 aromatic carbocycles. The van der Waals surface area contributed by atoms with Crippen LogP contribution in [0.5, 0.6) is 0 Å². The van der Waals surface area contributed by atoms with Gasteiger partial charge in [0, 0.05) is 26.2 Å². The van der Waals surface area contributed by atoms with E-state index in [-0.39, 0.29) is 4.90 Å². The Kier molecular flexibility index (Phi) is 7.13. The van der Waals surface area contributed by atoms with Gasteiger partial charge in [0.25, 0.3) is 0 Å². The Morgan fingerprint density at radius 1 is 1.09 bits per heavy atom. The van der Waals surface area contributed by atoms with Crippen LogP contribution < -0.4 is 4.90 Å². The summed E-state index contributed by atoms with van der Waals surface area (Å²) < 4.78 is 32.4. The minimum absolute atomic E-state index is 0.158. The van der Waals surface area contributed by atoms with Crippen molar-refractivity contribution in [3.05, 3.63) is 53.1 Å². The van der Waals surface area contributed by atoms with Gasteiger partial charge in [-0.05, 0) is 50.1 Å². The lowest BCUT2D eigenvalue weighted by atomic mass is 10.1. The second-order valence-corrected chi connectivity index (χ2v) is 11.5. The molecule has 0 saturated carbocycles. The van der Waals surface area contributed by atoms with Crippen LogP contribution in [0.2, 0.25) is 0 Å². The molecular weight excluding hydrogens is 458 g/mol.